The molecule has 0 aliphatic rings. The topological polar surface area (TPSA) is 59.3 Å². The van der Waals surface area contributed by atoms with Gasteiger partial charge in [-0.25, -0.2) is 4.98 Å². The number of nitrogens with zero attached hydrogens (tertiary/aromatic N) is 3. The van der Waals surface area contributed by atoms with Crippen LogP contribution in [0.2, 0.25) is 0 Å². The summed E-state index contributed by atoms with van der Waals surface area (Å²) in [7, 11) is 0. The van der Waals surface area contributed by atoms with Crippen LogP contribution >= 0.6 is 27.3 Å². The smallest absolute Gasteiger partial charge is 0.283 e. The molecule has 114 valence electrons. The molecule has 7 heteroatoms. The fraction of sp³-hybridized carbons (Fsp3) is 0.0625. The van der Waals surface area contributed by atoms with Crippen LogP contribution in [0.25, 0.3) is 15.9 Å². The molecule has 0 aliphatic carbocycles. The molecule has 0 saturated carbocycles. The van der Waals surface area contributed by atoms with E-state index in [4.69, 9.17) is 0 Å². The zero-order valence-corrected chi connectivity index (χ0v) is 14.5. The summed E-state index contributed by atoms with van der Waals surface area (Å²) in [5, 5.41) is 8.80. The van der Waals surface area contributed by atoms with Gasteiger partial charge in [0.1, 0.15) is 0 Å². The second-order valence-electron chi connectivity index (χ2n) is 5.12. The predicted molar refractivity (Wildman–Crippen MR) is 96.8 cm³/mol. The fourth-order valence-electron chi connectivity index (χ4n) is 2.36. The third kappa shape index (κ3) is 2.51. The molecule has 0 amide bonds. The molecule has 0 unspecified atom stereocenters. The second-order valence-corrected chi connectivity index (χ2v) is 6.99. The highest BCUT2D eigenvalue weighted by molar-refractivity contribution is 9.10. The van der Waals surface area contributed by atoms with E-state index >= 15 is 0 Å². The summed E-state index contributed by atoms with van der Waals surface area (Å²) >= 11 is 4.73. The maximum absolute atomic E-state index is 12.6. The average Bonchev–Trinajstić information content (AvgIpc) is 2.93. The number of halogens is 1. The van der Waals surface area contributed by atoms with Crippen molar-refractivity contribution in [1.82, 2.24) is 14.6 Å². The Morgan fingerprint density at radius 1 is 1.22 bits per heavy atom. The minimum absolute atomic E-state index is 0.166. The van der Waals surface area contributed by atoms with Gasteiger partial charge >= 0.3 is 0 Å². The lowest BCUT2D eigenvalue weighted by molar-refractivity contribution is 0.919. The van der Waals surface area contributed by atoms with E-state index in [0.717, 1.165) is 15.7 Å². The van der Waals surface area contributed by atoms with Crippen molar-refractivity contribution in [2.45, 2.75) is 6.92 Å². The molecule has 23 heavy (non-hydrogen) atoms. The first-order valence-electron chi connectivity index (χ1n) is 6.93. The number of aromatic nitrogens is 3. The molecule has 2 aromatic heterocycles. The maximum atomic E-state index is 12.6. The monoisotopic (exact) mass is 386 g/mol. The largest absolute Gasteiger partial charge is 0.330 e. The molecule has 4 rings (SSSR count). The number of fused-ring (bicyclic) bond motifs is 2. The quantitative estimate of drug-likeness (QED) is 0.562. The van der Waals surface area contributed by atoms with Crippen molar-refractivity contribution < 1.29 is 0 Å². The van der Waals surface area contributed by atoms with Crippen molar-refractivity contribution in [3.63, 3.8) is 0 Å². The molecule has 4 aromatic rings. The minimum atomic E-state index is -0.166. The van der Waals surface area contributed by atoms with E-state index in [1.165, 1.54) is 15.9 Å². The van der Waals surface area contributed by atoms with E-state index in [9.17, 15) is 4.79 Å². The zero-order chi connectivity index (χ0) is 16.0. The van der Waals surface area contributed by atoms with Crippen molar-refractivity contribution >= 4 is 53.9 Å². The van der Waals surface area contributed by atoms with Crippen LogP contribution in [0.15, 0.2) is 51.7 Å². The average molecular weight is 387 g/mol. The number of para-hydroxylation sites is 1. The van der Waals surface area contributed by atoms with Crippen molar-refractivity contribution in [2.75, 3.05) is 5.32 Å². The fourth-order valence-corrected chi connectivity index (χ4v) is 3.53. The highest BCUT2D eigenvalue weighted by atomic mass is 79.9. The molecule has 5 nitrogen and oxygen atoms in total. The molecular weight excluding hydrogens is 376 g/mol. The lowest BCUT2D eigenvalue weighted by atomic mass is 10.2. The third-order valence-electron chi connectivity index (χ3n) is 3.54. The molecule has 0 saturated heterocycles. The van der Waals surface area contributed by atoms with Crippen LogP contribution in [-0.2, 0) is 0 Å². The normalized spacial score (nSPS) is 11.2. The second kappa shape index (κ2) is 5.43. The minimum Gasteiger partial charge on any atom is -0.330 e. The molecule has 0 atom stereocenters. The summed E-state index contributed by atoms with van der Waals surface area (Å²) in [6.07, 6.45) is 0. The first-order chi connectivity index (χ1) is 11.1. The molecule has 0 bridgehead atoms. The van der Waals surface area contributed by atoms with Gasteiger partial charge in [0.05, 0.1) is 10.9 Å². The Hall–Kier alpha value is -2.25. The third-order valence-corrected chi connectivity index (χ3v) is 4.86. The summed E-state index contributed by atoms with van der Waals surface area (Å²) in [5.41, 5.74) is 2.58. The van der Waals surface area contributed by atoms with Gasteiger partial charge in [-0.2, -0.15) is 4.52 Å². The standard InChI is InChI=1S/C16H11BrN4OS/c1-9-4-2-3-5-12(9)18-15-20-21-14(22)11-8-10(17)6-7-13(11)19-16(21)23-15/h2-8H,1H3,(H,18,20). The van der Waals surface area contributed by atoms with E-state index in [-0.39, 0.29) is 5.56 Å². The molecule has 2 heterocycles. The van der Waals surface area contributed by atoms with E-state index in [1.54, 1.807) is 6.07 Å². The van der Waals surface area contributed by atoms with Crippen LogP contribution in [-0.4, -0.2) is 14.6 Å². The van der Waals surface area contributed by atoms with Gasteiger partial charge in [0.2, 0.25) is 10.1 Å². The lowest BCUT2D eigenvalue weighted by Crippen LogP contribution is -2.15. The number of nitrogens with one attached hydrogen (secondary N) is 1. The number of aryl methyl sites for hydroxylation is 1. The van der Waals surface area contributed by atoms with Crippen LogP contribution in [0.3, 0.4) is 0 Å². The summed E-state index contributed by atoms with van der Waals surface area (Å²) in [6.45, 7) is 2.02. The van der Waals surface area contributed by atoms with Gasteiger partial charge in [0, 0.05) is 10.2 Å². The van der Waals surface area contributed by atoms with E-state index in [0.29, 0.717) is 21.0 Å². The molecule has 0 fully saturated rings. The number of hydrogen-bond donors (Lipinski definition) is 1. The van der Waals surface area contributed by atoms with E-state index < -0.39 is 0 Å². The Bertz CT molecular complexity index is 1100. The van der Waals surface area contributed by atoms with Gasteiger partial charge in [0.15, 0.2) is 0 Å². The van der Waals surface area contributed by atoms with E-state index in [1.807, 2.05) is 43.3 Å². The Morgan fingerprint density at radius 3 is 2.87 bits per heavy atom. The van der Waals surface area contributed by atoms with Gasteiger partial charge in [-0.15, -0.1) is 5.10 Å². The Morgan fingerprint density at radius 2 is 2.04 bits per heavy atom. The number of anilines is 2. The molecule has 0 aliphatic heterocycles. The van der Waals surface area contributed by atoms with Crippen molar-refractivity contribution in [2.24, 2.45) is 0 Å². The predicted octanol–water partition coefficient (Wildman–Crippen LogP) is 4.12. The van der Waals surface area contributed by atoms with E-state index in [2.05, 4.69) is 31.3 Å². The van der Waals surface area contributed by atoms with Gasteiger partial charge in [0.25, 0.3) is 5.56 Å². The SMILES string of the molecule is Cc1ccccc1Nc1nn2c(=O)c3cc(Br)ccc3nc2s1. The lowest BCUT2D eigenvalue weighted by Gasteiger charge is -2.04. The number of rotatable bonds is 2. The summed E-state index contributed by atoms with van der Waals surface area (Å²) in [4.78, 5) is 17.7. The molecule has 1 N–H and O–H groups in total. The highest BCUT2D eigenvalue weighted by Crippen LogP contribution is 2.25. The summed E-state index contributed by atoms with van der Waals surface area (Å²) < 4.78 is 2.19. The molecule has 0 spiro atoms. The van der Waals surface area contributed by atoms with Crippen LogP contribution in [0.4, 0.5) is 10.8 Å². The van der Waals surface area contributed by atoms with Crippen LogP contribution in [0, 0.1) is 6.92 Å². The van der Waals surface area contributed by atoms with Crippen molar-refractivity contribution in [3.05, 3.63) is 62.9 Å². The van der Waals surface area contributed by atoms with Crippen LogP contribution in [0.1, 0.15) is 5.56 Å². The highest BCUT2D eigenvalue weighted by Gasteiger charge is 2.11. The maximum Gasteiger partial charge on any atom is 0.283 e. The van der Waals surface area contributed by atoms with Gasteiger partial charge in [-0.1, -0.05) is 45.5 Å². The Balaban J connectivity index is 1.88. The van der Waals surface area contributed by atoms with Gasteiger partial charge < -0.3 is 5.32 Å². The number of hydrogen-bond acceptors (Lipinski definition) is 5. The zero-order valence-electron chi connectivity index (χ0n) is 12.1. The molecule has 2 aromatic carbocycles. The first kappa shape index (κ1) is 14.3. The van der Waals surface area contributed by atoms with Crippen molar-refractivity contribution in [1.29, 1.82) is 0 Å². The Labute approximate surface area is 143 Å². The molecule has 0 radical (unpaired) electrons. The molecular formula is C16H11BrN4OS. The number of benzene rings is 2. The summed E-state index contributed by atoms with van der Waals surface area (Å²) in [6, 6.07) is 13.4. The summed E-state index contributed by atoms with van der Waals surface area (Å²) in [5.74, 6) is 0. The first-order valence-corrected chi connectivity index (χ1v) is 8.54. The Kier molecular flexibility index (Phi) is 3.39. The van der Waals surface area contributed by atoms with Crippen LogP contribution < -0.4 is 10.9 Å². The van der Waals surface area contributed by atoms with Gasteiger partial charge in [-0.05, 0) is 36.8 Å². The van der Waals surface area contributed by atoms with Crippen molar-refractivity contribution in [3.8, 4) is 0 Å². The van der Waals surface area contributed by atoms with Gasteiger partial charge in [-0.3, -0.25) is 4.79 Å². The van der Waals surface area contributed by atoms with Crippen LogP contribution in [0.5, 0.6) is 0 Å².